The van der Waals surface area contributed by atoms with Crippen LogP contribution in [0.3, 0.4) is 0 Å². The van der Waals surface area contributed by atoms with Crippen LogP contribution in [0.15, 0.2) is 18.3 Å². The number of alkyl halides is 1. The molecule has 1 aliphatic rings. The first-order valence-corrected chi connectivity index (χ1v) is 6.06. The Morgan fingerprint density at radius 1 is 1.53 bits per heavy atom. The van der Waals surface area contributed by atoms with E-state index >= 15 is 0 Å². The molecule has 0 spiro atoms. The van der Waals surface area contributed by atoms with E-state index < -0.39 is 0 Å². The van der Waals surface area contributed by atoms with Crippen molar-refractivity contribution in [2.75, 3.05) is 23.9 Å². The molecule has 1 saturated heterocycles. The van der Waals surface area contributed by atoms with Crippen LogP contribution in [0.5, 0.6) is 0 Å². The number of aromatic nitrogens is 1. The Balaban J connectivity index is 2.06. The smallest absolute Gasteiger partial charge is 0.128 e. The fourth-order valence-electron chi connectivity index (χ4n) is 2.05. The van der Waals surface area contributed by atoms with Gasteiger partial charge in [0.05, 0.1) is 0 Å². The summed E-state index contributed by atoms with van der Waals surface area (Å²) in [6.07, 6.45) is 4.42. The van der Waals surface area contributed by atoms with E-state index in [4.69, 9.17) is 11.6 Å². The minimum absolute atomic E-state index is 0.628. The number of halogens is 1. The lowest BCUT2D eigenvalue weighted by molar-refractivity contribution is 0.449. The zero-order valence-corrected chi connectivity index (χ0v) is 9.87. The van der Waals surface area contributed by atoms with Crippen molar-refractivity contribution in [2.45, 2.75) is 19.8 Å². The van der Waals surface area contributed by atoms with Crippen molar-refractivity contribution in [1.82, 2.24) is 4.98 Å². The molecule has 0 radical (unpaired) electrons. The first-order valence-electron chi connectivity index (χ1n) is 5.53. The Kier molecular flexibility index (Phi) is 3.47. The van der Waals surface area contributed by atoms with E-state index in [-0.39, 0.29) is 0 Å². The number of hydrogen-bond acceptors (Lipinski definition) is 2. The van der Waals surface area contributed by atoms with Gasteiger partial charge in [0.15, 0.2) is 0 Å². The molecule has 0 aliphatic carbocycles. The summed E-state index contributed by atoms with van der Waals surface area (Å²) < 4.78 is 0. The monoisotopic (exact) mass is 224 g/mol. The van der Waals surface area contributed by atoms with Crippen molar-refractivity contribution in [2.24, 2.45) is 5.92 Å². The van der Waals surface area contributed by atoms with Crippen molar-refractivity contribution in [3.63, 3.8) is 0 Å². The second-order valence-corrected chi connectivity index (χ2v) is 4.61. The van der Waals surface area contributed by atoms with Gasteiger partial charge in [-0.25, -0.2) is 4.98 Å². The molecule has 15 heavy (non-hydrogen) atoms. The third-order valence-electron chi connectivity index (χ3n) is 2.96. The highest BCUT2D eigenvalue weighted by Crippen LogP contribution is 2.22. The Bertz CT molecular complexity index is 310. The molecule has 2 heterocycles. The molecule has 3 heteroatoms. The fourth-order valence-corrected chi connectivity index (χ4v) is 2.30. The summed E-state index contributed by atoms with van der Waals surface area (Å²) in [5, 5.41) is 0. The average molecular weight is 225 g/mol. The summed E-state index contributed by atoms with van der Waals surface area (Å²) >= 11 is 5.91. The largest absolute Gasteiger partial charge is 0.356 e. The highest BCUT2D eigenvalue weighted by molar-refractivity contribution is 6.18. The van der Waals surface area contributed by atoms with Gasteiger partial charge < -0.3 is 4.90 Å². The molecule has 0 saturated carbocycles. The number of aryl methyl sites for hydroxylation is 1. The Morgan fingerprint density at radius 3 is 3.07 bits per heavy atom. The zero-order valence-electron chi connectivity index (χ0n) is 9.12. The standard InChI is InChI=1S/C12H17ClN2/c1-10-4-5-12(14-8-10)15-6-2-3-11(7-13)9-15/h4-5,8,11H,2-3,6-7,9H2,1H3. The summed E-state index contributed by atoms with van der Waals surface area (Å²) in [5.74, 6) is 2.49. The normalized spacial score (nSPS) is 21.7. The first-order chi connectivity index (χ1) is 7.29. The van der Waals surface area contributed by atoms with E-state index in [9.17, 15) is 0 Å². The third kappa shape index (κ3) is 2.63. The highest BCUT2D eigenvalue weighted by Gasteiger charge is 2.19. The number of nitrogens with zero attached hydrogens (tertiary/aromatic N) is 2. The van der Waals surface area contributed by atoms with E-state index in [0.29, 0.717) is 5.92 Å². The quantitative estimate of drug-likeness (QED) is 0.719. The lowest BCUT2D eigenvalue weighted by atomic mass is 10.0. The van der Waals surface area contributed by atoms with E-state index in [1.165, 1.54) is 18.4 Å². The molecule has 0 aromatic carbocycles. The van der Waals surface area contributed by atoms with Crippen LogP contribution in [0, 0.1) is 12.8 Å². The van der Waals surface area contributed by atoms with Crippen LogP contribution in [0.25, 0.3) is 0 Å². The summed E-state index contributed by atoms with van der Waals surface area (Å²) in [6, 6.07) is 4.22. The molecule has 0 N–H and O–H groups in total. The van der Waals surface area contributed by atoms with Crippen molar-refractivity contribution >= 4 is 17.4 Å². The topological polar surface area (TPSA) is 16.1 Å². The van der Waals surface area contributed by atoms with Crippen LogP contribution in [0.2, 0.25) is 0 Å². The van der Waals surface area contributed by atoms with Crippen LogP contribution >= 0.6 is 11.6 Å². The molecule has 1 unspecified atom stereocenters. The summed E-state index contributed by atoms with van der Waals surface area (Å²) in [6.45, 7) is 4.23. The number of anilines is 1. The van der Waals surface area contributed by atoms with Crippen LogP contribution in [0.1, 0.15) is 18.4 Å². The molecule has 1 aliphatic heterocycles. The van der Waals surface area contributed by atoms with Crippen LogP contribution in [-0.4, -0.2) is 24.0 Å². The molecule has 2 nitrogen and oxygen atoms in total. The Morgan fingerprint density at radius 2 is 2.40 bits per heavy atom. The van der Waals surface area contributed by atoms with Crippen molar-refractivity contribution in [3.8, 4) is 0 Å². The first kappa shape index (κ1) is 10.7. The van der Waals surface area contributed by atoms with Gasteiger partial charge in [0.2, 0.25) is 0 Å². The molecule has 0 bridgehead atoms. The SMILES string of the molecule is Cc1ccc(N2CCCC(CCl)C2)nc1. The maximum absolute atomic E-state index is 5.91. The lowest BCUT2D eigenvalue weighted by Crippen LogP contribution is -2.36. The van der Waals surface area contributed by atoms with Crippen LogP contribution < -0.4 is 4.90 Å². The fraction of sp³-hybridized carbons (Fsp3) is 0.583. The number of rotatable bonds is 2. The van der Waals surface area contributed by atoms with Crippen LogP contribution in [0.4, 0.5) is 5.82 Å². The molecule has 2 rings (SSSR count). The van der Waals surface area contributed by atoms with Gasteiger partial charge in [0.25, 0.3) is 0 Å². The van der Waals surface area contributed by atoms with E-state index in [2.05, 4.69) is 28.9 Å². The van der Waals surface area contributed by atoms with Gasteiger partial charge >= 0.3 is 0 Å². The molecule has 1 atom stereocenters. The van der Waals surface area contributed by atoms with Gasteiger partial charge in [0, 0.05) is 25.2 Å². The molecular weight excluding hydrogens is 208 g/mol. The number of pyridine rings is 1. The minimum atomic E-state index is 0.628. The minimum Gasteiger partial charge on any atom is -0.356 e. The second kappa shape index (κ2) is 4.84. The van der Waals surface area contributed by atoms with Gasteiger partial charge in [-0.2, -0.15) is 0 Å². The van der Waals surface area contributed by atoms with E-state index in [1.807, 2.05) is 6.20 Å². The maximum Gasteiger partial charge on any atom is 0.128 e. The van der Waals surface area contributed by atoms with Gasteiger partial charge in [-0.05, 0) is 37.3 Å². The predicted molar refractivity (Wildman–Crippen MR) is 64.6 cm³/mol. The molecule has 1 fully saturated rings. The maximum atomic E-state index is 5.91. The van der Waals surface area contributed by atoms with Crippen molar-refractivity contribution in [1.29, 1.82) is 0 Å². The molecular formula is C12H17ClN2. The lowest BCUT2D eigenvalue weighted by Gasteiger charge is -2.32. The number of piperidine rings is 1. The zero-order chi connectivity index (χ0) is 10.7. The Hall–Kier alpha value is -0.760. The van der Waals surface area contributed by atoms with Gasteiger partial charge in [-0.15, -0.1) is 11.6 Å². The average Bonchev–Trinajstić information content (AvgIpc) is 2.30. The van der Waals surface area contributed by atoms with E-state index in [1.54, 1.807) is 0 Å². The summed E-state index contributed by atoms with van der Waals surface area (Å²) in [4.78, 5) is 6.80. The van der Waals surface area contributed by atoms with E-state index in [0.717, 1.165) is 24.8 Å². The molecule has 1 aromatic heterocycles. The Labute approximate surface area is 96.3 Å². The van der Waals surface area contributed by atoms with Gasteiger partial charge in [-0.3, -0.25) is 0 Å². The highest BCUT2D eigenvalue weighted by atomic mass is 35.5. The summed E-state index contributed by atoms with van der Waals surface area (Å²) in [7, 11) is 0. The van der Waals surface area contributed by atoms with Crippen molar-refractivity contribution in [3.05, 3.63) is 23.9 Å². The number of hydrogen-bond donors (Lipinski definition) is 0. The van der Waals surface area contributed by atoms with Gasteiger partial charge in [0.1, 0.15) is 5.82 Å². The van der Waals surface area contributed by atoms with Crippen molar-refractivity contribution < 1.29 is 0 Å². The van der Waals surface area contributed by atoms with Gasteiger partial charge in [-0.1, -0.05) is 6.07 Å². The second-order valence-electron chi connectivity index (χ2n) is 4.30. The predicted octanol–water partition coefficient (Wildman–Crippen LogP) is 2.85. The molecule has 82 valence electrons. The summed E-state index contributed by atoms with van der Waals surface area (Å²) in [5.41, 5.74) is 1.21. The molecule has 1 aromatic rings. The molecule has 0 amide bonds. The third-order valence-corrected chi connectivity index (χ3v) is 3.39. The van der Waals surface area contributed by atoms with Crippen LogP contribution in [-0.2, 0) is 0 Å².